The average molecular weight is 318 g/mol. The lowest BCUT2D eigenvalue weighted by molar-refractivity contribution is 0.00578. The summed E-state index contributed by atoms with van der Waals surface area (Å²) in [7, 11) is -0.491. The molecule has 0 saturated carbocycles. The molecule has 0 atom stereocenters. The molecule has 6 nitrogen and oxygen atoms in total. The molecule has 0 unspecified atom stereocenters. The Morgan fingerprint density at radius 3 is 2.50 bits per heavy atom. The van der Waals surface area contributed by atoms with Crippen LogP contribution in [0, 0.1) is 0 Å². The van der Waals surface area contributed by atoms with Crippen LogP contribution in [0.4, 0.5) is 0 Å². The second kappa shape index (κ2) is 5.36. The number of hydrogen-bond donors (Lipinski definition) is 1. The van der Waals surface area contributed by atoms with Crippen LogP contribution in [0.25, 0.3) is 11.3 Å². The third kappa shape index (κ3) is 2.55. The maximum Gasteiger partial charge on any atom is 0.514 e. The molecule has 3 rings (SSSR count). The summed E-state index contributed by atoms with van der Waals surface area (Å²) in [6.07, 6.45) is 5.44. The normalized spacial score (nSPS) is 19.6. The van der Waals surface area contributed by atoms with E-state index in [0.29, 0.717) is 0 Å². The van der Waals surface area contributed by atoms with E-state index in [4.69, 9.17) is 9.31 Å². The molecule has 0 radical (unpaired) electrons. The molecular formula is C14H19BN4O2S. The molecule has 8 heteroatoms. The van der Waals surface area contributed by atoms with Crippen LogP contribution < -0.4 is 5.59 Å². The minimum absolute atomic E-state index is 0.393. The van der Waals surface area contributed by atoms with Crippen LogP contribution in [0.15, 0.2) is 23.6 Å². The number of nitrogens with zero attached hydrogens (tertiary/aromatic N) is 3. The topological polar surface area (TPSA) is 72.9 Å². The van der Waals surface area contributed by atoms with Crippen molar-refractivity contribution in [3.05, 3.63) is 18.5 Å². The summed E-state index contributed by atoms with van der Waals surface area (Å²) >= 11 is 1.50. The molecule has 0 spiro atoms. The molecule has 22 heavy (non-hydrogen) atoms. The Morgan fingerprint density at radius 2 is 1.86 bits per heavy atom. The zero-order valence-corrected chi connectivity index (χ0v) is 14.2. The van der Waals surface area contributed by atoms with Gasteiger partial charge in [-0.2, -0.15) is 5.10 Å². The summed E-state index contributed by atoms with van der Waals surface area (Å²) in [6.45, 7) is 8.11. The lowest BCUT2D eigenvalue weighted by Gasteiger charge is -2.32. The lowest BCUT2D eigenvalue weighted by atomic mass is 9.81. The van der Waals surface area contributed by atoms with Crippen LogP contribution in [0.3, 0.4) is 0 Å². The number of rotatable bonds is 3. The molecule has 116 valence electrons. The number of hydrogen-bond acceptors (Lipinski definition) is 6. The fourth-order valence-electron chi connectivity index (χ4n) is 2.23. The summed E-state index contributed by atoms with van der Waals surface area (Å²) in [4.78, 5) is 8.72. The highest BCUT2D eigenvalue weighted by atomic mass is 32.2. The Hall–Kier alpha value is -1.38. The van der Waals surface area contributed by atoms with Gasteiger partial charge in [0.25, 0.3) is 0 Å². The summed E-state index contributed by atoms with van der Waals surface area (Å²) in [5.74, 6) is 0. The lowest BCUT2D eigenvalue weighted by Crippen LogP contribution is -2.41. The van der Waals surface area contributed by atoms with Gasteiger partial charge in [-0.15, -0.1) is 0 Å². The predicted octanol–water partition coefficient (Wildman–Crippen LogP) is 1.89. The Balaban J connectivity index is 1.97. The summed E-state index contributed by atoms with van der Waals surface area (Å²) in [6, 6.07) is 1.86. The van der Waals surface area contributed by atoms with Crippen molar-refractivity contribution in [2.75, 3.05) is 6.26 Å². The van der Waals surface area contributed by atoms with Crippen LogP contribution >= 0.6 is 11.8 Å². The fraction of sp³-hybridized carbons (Fsp3) is 0.500. The molecule has 0 amide bonds. The van der Waals surface area contributed by atoms with E-state index in [2.05, 4.69) is 20.2 Å². The van der Waals surface area contributed by atoms with E-state index in [1.54, 1.807) is 12.4 Å². The van der Waals surface area contributed by atoms with Gasteiger partial charge in [-0.3, -0.25) is 5.10 Å². The van der Waals surface area contributed by atoms with E-state index in [9.17, 15) is 0 Å². The van der Waals surface area contributed by atoms with Crippen LogP contribution in [-0.4, -0.2) is 44.7 Å². The van der Waals surface area contributed by atoms with Crippen molar-refractivity contribution in [1.29, 1.82) is 0 Å². The summed E-state index contributed by atoms with van der Waals surface area (Å²) in [5.41, 5.74) is 1.67. The van der Waals surface area contributed by atoms with Crippen molar-refractivity contribution in [2.45, 2.75) is 44.1 Å². The molecule has 1 saturated heterocycles. The third-order valence-electron chi connectivity index (χ3n) is 4.25. The molecule has 0 bridgehead atoms. The van der Waals surface area contributed by atoms with Crippen molar-refractivity contribution < 1.29 is 9.31 Å². The number of aromatic amines is 1. The highest BCUT2D eigenvalue weighted by Gasteiger charge is 2.53. The van der Waals surface area contributed by atoms with Crippen molar-refractivity contribution in [3.8, 4) is 11.3 Å². The van der Waals surface area contributed by atoms with Gasteiger partial charge >= 0.3 is 7.12 Å². The number of H-pyrrole nitrogens is 1. The molecule has 2 aromatic heterocycles. The zero-order chi connectivity index (χ0) is 16.0. The number of thioether (sulfide) groups is 1. The van der Waals surface area contributed by atoms with E-state index in [1.807, 2.05) is 40.0 Å². The highest BCUT2D eigenvalue weighted by Crippen LogP contribution is 2.37. The molecule has 1 aliphatic heterocycles. The van der Waals surface area contributed by atoms with Gasteiger partial charge in [-0.1, -0.05) is 11.8 Å². The van der Waals surface area contributed by atoms with Gasteiger partial charge in [-0.05, 0) is 40.0 Å². The fourth-order valence-corrected chi connectivity index (χ4v) is 2.59. The van der Waals surface area contributed by atoms with E-state index >= 15 is 0 Å². The van der Waals surface area contributed by atoms with Gasteiger partial charge in [0.2, 0.25) is 0 Å². The van der Waals surface area contributed by atoms with Crippen molar-refractivity contribution >= 4 is 24.5 Å². The molecule has 0 aromatic carbocycles. The number of nitrogens with one attached hydrogen (secondary N) is 1. The van der Waals surface area contributed by atoms with Gasteiger partial charge in [0.1, 0.15) is 0 Å². The number of aromatic nitrogens is 4. The molecular weight excluding hydrogens is 299 g/mol. The Kier molecular flexibility index (Phi) is 3.78. The largest absolute Gasteiger partial charge is 0.514 e. The minimum Gasteiger partial charge on any atom is -0.398 e. The van der Waals surface area contributed by atoms with Crippen LogP contribution in [0.1, 0.15) is 27.7 Å². The first-order chi connectivity index (χ1) is 10.3. The second-order valence-electron chi connectivity index (χ2n) is 6.21. The SMILES string of the molecule is CSc1nccc(-c2cn[nH]c2B2OC(C)(C)C(C)(C)O2)n1. The summed E-state index contributed by atoms with van der Waals surface area (Å²) in [5, 5.41) is 7.85. The van der Waals surface area contributed by atoms with Crippen LogP contribution in [0.2, 0.25) is 0 Å². The molecule has 1 aliphatic rings. The molecule has 3 heterocycles. The molecule has 0 aliphatic carbocycles. The second-order valence-corrected chi connectivity index (χ2v) is 6.99. The monoisotopic (exact) mass is 318 g/mol. The van der Waals surface area contributed by atoms with E-state index in [-0.39, 0.29) is 0 Å². The van der Waals surface area contributed by atoms with Crippen LogP contribution in [-0.2, 0) is 9.31 Å². The maximum absolute atomic E-state index is 6.09. The first-order valence-electron chi connectivity index (χ1n) is 7.10. The van der Waals surface area contributed by atoms with Gasteiger partial charge in [0.05, 0.1) is 28.7 Å². The molecule has 1 N–H and O–H groups in total. The maximum atomic E-state index is 6.09. The molecule has 1 fully saturated rings. The first kappa shape index (κ1) is 15.5. The highest BCUT2D eigenvalue weighted by molar-refractivity contribution is 7.98. The van der Waals surface area contributed by atoms with Crippen LogP contribution in [0.5, 0.6) is 0 Å². The van der Waals surface area contributed by atoms with Gasteiger partial charge in [-0.25, -0.2) is 9.97 Å². The van der Waals surface area contributed by atoms with Crippen molar-refractivity contribution in [1.82, 2.24) is 20.2 Å². The Labute approximate surface area is 134 Å². The van der Waals surface area contributed by atoms with E-state index < -0.39 is 18.3 Å². The minimum atomic E-state index is -0.491. The first-order valence-corrected chi connectivity index (χ1v) is 8.33. The third-order valence-corrected chi connectivity index (χ3v) is 4.81. The van der Waals surface area contributed by atoms with Gasteiger partial charge in [0, 0.05) is 11.8 Å². The Bertz CT molecular complexity index is 673. The van der Waals surface area contributed by atoms with E-state index in [0.717, 1.165) is 22.0 Å². The zero-order valence-electron chi connectivity index (χ0n) is 13.4. The van der Waals surface area contributed by atoms with Gasteiger partial charge < -0.3 is 9.31 Å². The smallest absolute Gasteiger partial charge is 0.398 e. The average Bonchev–Trinajstić information content (AvgIpc) is 3.02. The van der Waals surface area contributed by atoms with Crippen molar-refractivity contribution in [3.63, 3.8) is 0 Å². The Morgan fingerprint density at radius 1 is 1.18 bits per heavy atom. The summed E-state index contributed by atoms with van der Waals surface area (Å²) < 4.78 is 12.2. The van der Waals surface area contributed by atoms with Gasteiger partial charge in [0.15, 0.2) is 5.16 Å². The quantitative estimate of drug-likeness (QED) is 0.529. The van der Waals surface area contributed by atoms with E-state index in [1.165, 1.54) is 11.8 Å². The standard InChI is InChI=1S/C14H19BN4O2S/c1-13(2)14(3,4)21-15(20-13)11-9(8-17-19-11)10-6-7-16-12(18-10)22-5/h6-8H,1-5H3,(H,17,19). The molecule has 2 aromatic rings. The van der Waals surface area contributed by atoms with Crippen molar-refractivity contribution in [2.24, 2.45) is 0 Å². The predicted molar refractivity (Wildman–Crippen MR) is 87.1 cm³/mol.